The molecular weight excluding hydrogens is 449 g/mol. The molecule has 34 heavy (non-hydrogen) atoms. The van der Waals surface area contributed by atoms with Gasteiger partial charge in [0.2, 0.25) is 5.91 Å². The van der Waals surface area contributed by atoms with E-state index in [-0.39, 0.29) is 11.9 Å². The molecule has 11 heteroatoms. The van der Waals surface area contributed by atoms with E-state index < -0.39 is 11.7 Å². The maximum atomic E-state index is 13.3. The summed E-state index contributed by atoms with van der Waals surface area (Å²) in [5.74, 6) is 0.221. The number of hydrogen-bond acceptors (Lipinski definition) is 5. The summed E-state index contributed by atoms with van der Waals surface area (Å²) >= 11 is 0. The van der Waals surface area contributed by atoms with E-state index in [2.05, 4.69) is 10.00 Å². The molecule has 0 unspecified atom stereocenters. The molecule has 0 saturated carbocycles. The van der Waals surface area contributed by atoms with Crippen LogP contribution < -0.4 is 9.80 Å². The van der Waals surface area contributed by atoms with Crippen molar-refractivity contribution in [2.75, 3.05) is 56.1 Å². The van der Waals surface area contributed by atoms with E-state index in [1.165, 1.54) is 28.8 Å². The molecular formula is C23H29F3N6O2. The molecule has 0 spiro atoms. The third-order valence-corrected chi connectivity index (χ3v) is 6.48. The van der Waals surface area contributed by atoms with Gasteiger partial charge in [0.15, 0.2) is 5.82 Å². The highest BCUT2D eigenvalue weighted by Gasteiger charge is 2.32. The van der Waals surface area contributed by atoms with Crippen molar-refractivity contribution in [2.45, 2.75) is 32.5 Å². The zero-order valence-electron chi connectivity index (χ0n) is 19.4. The van der Waals surface area contributed by atoms with Crippen molar-refractivity contribution in [3.8, 4) is 0 Å². The van der Waals surface area contributed by atoms with Gasteiger partial charge in [-0.2, -0.15) is 17.9 Å². The summed E-state index contributed by atoms with van der Waals surface area (Å²) in [6.07, 6.45) is -0.875. The molecule has 0 aliphatic carbocycles. The predicted molar refractivity (Wildman–Crippen MR) is 122 cm³/mol. The first kappa shape index (κ1) is 24.1. The van der Waals surface area contributed by atoms with E-state index in [1.807, 2.05) is 4.90 Å². The molecule has 4 rings (SSSR count). The zero-order valence-corrected chi connectivity index (χ0v) is 19.4. The fourth-order valence-corrected chi connectivity index (χ4v) is 4.37. The number of carbonyl (C=O) groups excluding carboxylic acids is 2. The number of benzene rings is 1. The minimum absolute atomic E-state index is 0.178. The summed E-state index contributed by atoms with van der Waals surface area (Å²) in [6, 6.07) is 5.36. The first-order chi connectivity index (χ1) is 16.1. The van der Waals surface area contributed by atoms with Crippen LogP contribution in [-0.2, 0) is 17.5 Å². The third-order valence-electron chi connectivity index (χ3n) is 6.48. The molecule has 0 bridgehead atoms. The summed E-state index contributed by atoms with van der Waals surface area (Å²) in [7, 11) is 1.59. The van der Waals surface area contributed by atoms with Crippen LogP contribution in [0.4, 0.5) is 29.5 Å². The van der Waals surface area contributed by atoms with Crippen LogP contribution in [0.15, 0.2) is 30.5 Å². The number of carbonyl (C=O) groups is 2. The van der Waals surface area contributed by atoms with Crippen LogP contribution >= 0.6 is 0 Å². The smallest absolute Gasteiger partial charge is 0.371 e. The quantitative estimate of drug-likeness (QED) is 0.675. The first-order valence-corrected chi connectivity index (χ1v) is 11.4. The number of nitrogens with zero attached hydrogens (tertiary/aromatic N) is 6. The standard InChI is InChI=1S/C23H29F3N6O2/c1-17(33)28(2)21-7-10-32(27-21)22(34)31-13-11-29(12-14-31)16-18-5-6-19(23(24,25)26)15-20(18)30-8-3-4-9-30/h5-7,10,15H,3-4,8-9,11-14,16H2,1-2H3. The van der Waals surface area contributed by atoms with Gasteiger partial charge in [-0.1, -0.05) is 6.07 Å². The average Bonchev–Trinajstić information content (AvgIpc) is 3.51. The maximum absolute atomic E-state index is 13.3. The van der Waals surface area contributed by atoms with Gasteiger partial charge in [0.25, 0.3) is 0 Å². The van der Waals surface area contributed by atoms with Crippen molar-refractivity contribution in [3.63, 3.8) is 0 Å². The van der Waals surface area contributed by atoms with E-state index in [9.17, 15) is 22.8 Å². The molecule has 2 aromatic rings. The second-order valence-electron chi connectivity index (χ2n) is 8.78. The summed E-state index contributed by atoms with van der Waals surface area (Å²) < 4.78 is 41.1. The Balaban J connectivity index is 1.40. The van der Waals surface area contributed by atoms with Crippen molar-refractivity contribution in [3.05, 3.63) is 41.6 Å². The molecule has 2 aliphatic heterocycles. The number of anilines is 2. The Morgan fingerprint density at radius 1 is 1.03 bits per heavy atom. The van der Waals surface area contributed by atoms with Crippen molar-refractivity contribution in [2.24, 2.45) is 0 Å². The Hall–Kier alpha value is -3.08. The lowest BCUT2D eigenvalue weighted by Gasteiger charge is -2.35. The van der Waals surface area contributed by atoms with Crippen LogP contribution in [0.5, 0.6) is 0 Å². The Morgan fingerprint density at radius 3 is 2.32 bits per heavy atom. The second kappa shape index (κ2) is 9.65. The first-order valence-electron chi connectivity index (χ1n) is 11.4. The molecule has 2 saturated heterocycles. The maximum Gasteiger partial charge on any atom is 0.416 e. The van der Waals surface area contributed by atoms with Gasteiger partial charge in [0.1, 0.15) is 0 Å². The van der Waals surface area contributed by atoms with E-state index in [0.717, 1.165) is 37.6 Å². The van der Waals surface area contributed by atoms with Crippen LogP contribution in [0, 0.1) is 0 Å². The van der Waals surface area contributed by atoms with E-state index in [4.69, 9.17) is 0 Å². The van der Waals surface area contributed by atoms with Gasteiger partial charge in [-0.15, -0.1) is 5.10 Å². The Kier molecular flexibility index (Phi) is 6.83. The zero-order chi connectivity index (χ0) is 24.5. The predicted octanol–water partition coefficient (Wildman–Crippen LogP) is 3.27. The van der Waals surface area contributed by atoms with E-state index >= 15 is 0 Å². The third kappa shape index (κ3) is 5.19. The Morgan fingerprint density at radius 2 is 1.71 bits per heavy atom. The topological polar surface area (TPSA) is 64.9 Å². The number of alkyl halides is 3. The summed E-state index contributed by atoms with van der Waals surface area (Å²) in [5, 5.41) is 4.20. The number of hydrogen-bond donors (Lipinski definition) is 0. The Bertz CT molecular complexity index is 1040. The van der Waals surface area contributed by atoms with Gasteiger partial charge in [-0.25, -0.2) is 4.79 Å². The highest BCUT2D eigenvalue weighted by atomic mass is 19.4. The van der Waals surface area contributed by atoms with Crippen molar-refractivity contribution in [1.82, 2.24) is 19.6 Å². The van der Waals surface area contributed by atoms with Gasteiger partial charge in [-0.3, -0.25) is 14.6 Å². The fraction of sp³-hybridized carbons (Fsp3) is 0.522. The van der Waals surface area contributed by atoms with Gasteiger partial charge in [0, 0.05) is 77.7 Å². The number of rotatable bonds is 4. The molecule has 0 atom stereocenters. The van der Waals surface area contributed by atoms with Gasteiger partial charge in [0.05, 0.1) is 5.56 Å². The number of aromatic nitrogens is 2. The minimum Gasteiger partial charge on any atom is -0.371 e. The fourth-order valence-electron chi connectivity index (χ4n) is 4.37. The molecule has 1 aromatic carbocycles. The number of piperazine rings is 1. The molecule has 0 N–H and O–H groups in total. The lowest BCUT2D eigenvalue weighted by atomic mass is 10.1. The Labute approximate surface area is 196 Å². The van der Waals surface area contributed by atoms with Crippen LogP contribution in [0.1, 0.15) is 30.9 Å². The summed E-state index contributed by atoms with van der Waals surface area (Å²) in [5.41, 5.74) is 0.908. The van der Waals surface area contributed by atoms with Crippen LogP contribution in [0.25, 0.3) is 0 Å². The molecule has 2 aliphatic rings. The van der Waals surface area contributed by atoms with Gasteiger partial charge in [-0.05, 0) is 30.5 Å². The number of halogens is 3. The molecule has 8 nitrogen and oxygen atoms in total. The van der Waals surface area contributed by atoms with Crippen molar-refractivity contribution >= 4 is 23.4 Å². The monoisotopic (exact) mass is 478 g/mol. The number of amides is 2. The van der Waals surface area contributed by atoms with Crippen molar-refractivity contribution < 1.29 is 22.8 Å². The largest absolute Gasteiger partial charge is 0.416 e. The molecule has 3 heterocycles. The summed E-state index contributed by atoms with van der Waals surface area (Å²) in [4.78, 5) is 31.6. The average molecular weight is 479 g/mol. The van der Waals surface area contributed by atoms with Crippen LogP contribution in [-0.4, -0.2) is 77.8 Å². The highest BCUT2D eigenvalue weighted by Crippen LogP contribution is 2.35. The van der Waals surface area contributed by atoms with E-state index in [0.29, 0.717) is 44.2 Å². The van der Waals surface area contributed by atoms with Crippen LogP contribution in [0.2, 0.25) is 0 Å². The highest BCUT2D eigenvalue weighted by molar-refractivity contribution is 5.90. The van der Waals surface area contributed by atoms with Crippen molar-refractivity contribution in [1.29, 1.82) is 0 Å². The molecule has 1 aromatic heterocycles. The van der Waals surface area contributed by atoms with Crippen LogP contribution in [0.3, 0.4) is 0 Å². The summed E-state index contributed by atoms with van der Waals surface area (Å²) in [6.45, 7) is 5.66. The molecule has 2 amide bonds. The lowest BCUT2D eigenvalue weighted by molar-refractivity contribution is -0.137. The normalized spacial score (nSPS) is 17.3. The van der Waals surface area contributed by atoms with Gasteiger partial charge >= 0.3 is 12.2 Å². The molecule has 0 radical (unpaired) electrons. The van der Waals surface area contributed by atoms with Gasteiger partial charge < -0.3 is 9.80 Å². The second-order valence-corrected chi connectivity index (χ2v) is 8.78. The van der Waals surface area contributed by atoms with E-state index in [1.54, 1.807) is 24.1 Å². The molecule has 184 valence electrons. The minimum atomic E-state index is -4.37. The lowest BCUT2D eigenvalue weighted by Crippen LogP contribution is -2.49. The molecule has 2 fully saturated rings. The SMILES string of the molecule is CC(=O)N(C)c1ccn(C(=O)N2CCN(Cc3ccc(C(F)(F)F)cc3N3CCCC3)CC2)n1.